The van der Waals surface area contributed by atoms with Crippen molar-refractivity contribution in [3.05, 3.63) is 46.9 Å². The van der Waals surface area contributed by atoms with Crippen LogP contribution in [0, 0.1) is 0 Å². The van der Waals surface area contributed by atoms with Crippen LogP contribution in [0.3, 0.4) is 0 Å². The molecular formula is C27H33ClN5O5P. The Hall–Kier alpha value is -2.07. The first kappa shape index (κ1) is 25.9. The van der Waals surface area contributed by atoms with Crippen LogP contribution in [-0.4, -0.2) is 83.2 Å². The minimum atomic E-state index is -2.32. The van der Waals surface area contributed by atoms with Gasteiger partial charge in [-0.2, -0.15) is 15.1 Å². The Balaban J connectivity index is 1.17. The van der Waals surface area contributed by atoms with Gasteiger partial charge in [0.05, 0.1) is 24.5 Å². The Bertz CT molecular complexity index is 1480. The summed E-state index contributed by atoms with van der Waals surface area (Å²) in [6, 6.07) is 8.75. The number of hydrogen-bond acceptors (Lipinski definition) is 9. The minimum absolute atomic E-state index is 0.159. The highest BCUT2D eigenvalue weighted by Crippen LogP contribution is 2.48. The third-order valence-corrected chi connectivity index (χ3v) is 9.18. The van der Waals surface area contributed by atoms with Gasteiger partial charge < -0.3 is 28.4 Å². The standard InChI is InChI=1S/C27H33ClN5O5P/c1-26(2)37-20-19(12-35-15-39(3,4)34)36-24(21(20)38-26)33-23-17(11-29-33)22(30-25(28)31-23)32-13-27(14-32)10-9-16-7-5-6-8-18(16)27/h5-8,11,19-21,24H,9-10,12-15H2,1-4H3/t19-,20-,21-,24-/m1/s1. The lowest BCUT2D eigenvalue weighted by Crippen LogP contribution is -2.58. The molecule has 4 aliphatic rings. The van der Waals surface area contributed by atoms with E-state index in [9.17, 15) is 4.57 Å². The summed E-state index contributed by atoms with van der Waals surface area (Å²) in [4.78, 5) is 11.5. The molecule has 0 amide bonds. The Morgan fingerprint density at radius 1 is 1.15 bits per heavy atom. The van der Waals surface area contributed by atoms with Gasteiger partial charge in [0.15, 0.2) is 17.7 Å². The van der Waals surface area contributed by atoms with E-state index in [4.69, 9.17) is 30.5 Å². The monoisotopic (exact) mass is 573 g/mol. The van der Waals surface area contributed by atoms with Crippen LogP contribution < -0.4 is 4.90 Å². The second-order valence-corrected chi connectivity index (χ2v) is 15.9. The molecule has 3 saturated heterocycles. The number of anilines is 1. The summed E-state index contributed by atoms with van der Waals surface area (Å²) in [5.41, 5.74) is 3.65. The quantitative estimate of drug-likeness (QED) is 0.317. The first-order valence-corrected chi connectivity index (χ1v) is 16.6. The fourth-order valence-electron chi connectivity index (χ4n) is 6.62. The van der Waals surface area contributed by atoms with Crippen LogP contribution in [0.5, 0.6) is 0 Å². The maximum absolute atomic E-state index is 12.1. The van der Waals surface area contributed by atoms with E-state index >= 15 is 0 Å². The van der Waals surface area contributed by atoms with Crippen molar-refractivity contribution in [1.82, 2.24) is 19.7 Å². The average molecular weight is 574 g/mol. The maximum Gasteiger partial charge on any atom is 0.226 e. The van der Waals surface area contributed by atoms with E-state index in [1.807, 2.05) is 13.8 Å². The average Bonchev–Trinajstić information content (AvgIpc) is 3.57. The van der Waals surface area contributed by atoms with Crippen LogP contribution in [0.4, 0.5) is 5.82 Å². The van der Waals surface area contributed by atoms with Gasteiger partial charge in [0.2, 0.25) is 5.28 Å². The summed E-state index contributed by atoms with van der Waals surface area (Å²) < 4.78 is 38.5. The van der Waals surface area contributed by atoms with Gasteiger partial charge in [-0.3, -0.25) is 0 Å². The van der Waals surface area contributed by atoms with E-state index in [0.29, 0.717) is 5.65 Å². The van der Waals surface area contributed by atoms with Crippen LogP contribution in [-0.2, 0) is 35.3 Å². The molecule has 3 fully saturated rings. The van der Waals surface area contributed by atoms with Crippen molar-refractivity contribution in [3.8, 4) is 0 Å². The summed E-state index contributed by atoms with van der Waals surface area (Å²) in [5, 5.41) is 5.67. The molecule has 39 heavy (non-hydrogen) atoms. The van der Waals surface area contributed by atoms with Crippen molar-refractivity contribution in [2.45, 2.75) is 62.4 Å². The largest absolute Gasteiger partial charge is 0.371 e. The van der Waals surface area contributed by atoms with Crippen LogP contribution >= 0.6 is 18.7 Å². The third kappa shape index (κ3) is 4.40. The number of aromatic nitrogens is 4. The smallest absolute Gasteiger partial charge is 0.226 e. The molecule has 5 heterocycles. The number of nitrogens with zero attached hydrogens (tertiary/aromatic N) is 5. The Kier molecular flexibility index (Phi) is 5.95. The normalized spacial score (nSPS) is 28.7. The minimum Gasteiger partial charge on any atom is -0.371 e. The predicted molar refractivity (Wildman–Crippen MR) is 147 cm³/mol. The van der Waals surface area contributed by atoms with Gasteiger partial charge >= 0.3 is 0 Å². The van der Waals surface area contributed by atoms with E-state index < -0.39 is 31.4 Å². The zero-order valence-electron chi connectivity index (χ0n) is 22.5. The predicted octanol–water partition coefficient (Wildman–Crippen LogP) is 4.20. The van der Waals surface area contributed by atoms with Crippen molar-refractivity contribution < 1.29 is 23.5 Å². The zero-order chi connectivity index (χ0) is 27.2. The fourth-order valence-corrected chi connectivity index (χ4v) is 7.32. The van der Waals surface area contributed by atoms with E-state index in [-0.39, 0.29) is 29.8 Å². The molecule has 1 aliphatic carbocycles. The van der Waals surface area contributed by atoms with E-state index in [2.05, 4.69) is 44.2 Å². The van der Waals surface area contributed by atoms with Gasteiger partial charge in [0, 0.05) is 18.5 Å². The molecule has 0 radical (unpaired) electrons. The van der Waals surface area contributed by atoms with Gasteiger partial charge in [-0.1, -0.05) is 24.3 Å². The maximum atomic E-state index is 12.1. The van der Waals surface area contributed by atoms with Gasteiger partial charge in [-0.15, -0.1) is 0 Å². The lowest BCUT2D eigenvalue weighted by atomic mass is 9.75. The number of benzene rings is 1. The van der Waals surface area contributed by atoms with Crippen molar-refractivity contribution in [1.29, 1.82) is 0 Å². The summed E-state index contributed by atoms with van der Waals surface area (Å²) in [7, 11) is -2.32. The van der Waals surface area contributed by atoms with E-state index in [0.717, 1.165) is 37.1 Å². The van der Waals surface area contributed by atoms with Crippen LogP contribution in [0.1, 0.15) is 37.6 Å². The molecule has 0 N–H and O–H groups in total. The summed E-state index contributed by atoms with van der Waals surface area (Å²) >= 11 is 6.48. The van der Waals surface area contributed by atoms with Gasteiger partial charge in [0.1, 0.15) is 31.3 Å². The summed E-state index contributed by atoms with van der Waals surface area (Å²) in [6.07, 6.45) is 2.41. The molecule has 208 valence electrons. The van der Waals surface area contributed by atoms with Crippen molar-refractivity contribution in [2.24, 2.45) is 0 Å². The molecule has 1 aromatic carbocycles. The van der Waals surface area contributed by atoms with Crippen molar-refractivity contribution >= 4 is 35.6 Å². The van der Waals surface area contributed by atoms with Crippen LogP contribution in [0.15, 0.2) is 30.5 Å². The molecule has 0 bridgehead atoms. The number of aryl methyl sites for hydroxylation is 1. The lowest BCUT2D eigenvalue weighted by molar-refractivity contribution is -0.202. The first-order chi connectivity index (χ1) is 18.5. The molecule has 3 aliphatic heterocycles. The molecule has 12 heteroatoms. The van der Waals surface area contributed by atoms with E-state index in [1.165, 1.54) is 11.1 Å². The molecule has 10 nitrogen and oxygen atoms in total. The number of hydrogen-bond donors (Lipinski definition) is 0. The summed E-state index contributed by atoms with van der Waals surface area (Å²) in [6.45, 7) is 9.17. The molecule has 0 saturated carbocycles. The Morgan fingerprint density at radius 2 is 1.92 bits per heavy atom. The van der Waals surface area contributed by atoms with Crippen LogP contribution in [0.2, 0.25) is 5.28 Å². The number of halogens is 1. The molecule has 4 atom stereocenters. The van der Waals surface area contributed by atoms with Gasteiger partial charge in [0.25, 0.3) is 0 Å². The highest BCUT2D eigenvalue weighted by atomic mass is 35.5. The Morgan fingerprint density at radius 3 is 2.72 bits per heavy atom. The Labute approximate surface area is 232 Å². The molecule has 7 rings (SSSR count). The third-order valence-electron chi connectivity index (χ3n) is 8.21. The highest BCUT2D eigenvalue weighted by molar-refractivity contribution is 7.62. The second kappa shape index (κ2) is 8.96. The second-order valence-electron chi connectivity index (χ2n) is 12.1. The number of fused-ring (bicyclic) bond motifs is 4. The topological polar surface area (TPSA) is 101 Å². The first-order valence-electron chi connectivity index (χ1n) is 13.4. The highest BCUT2D eigenvalue weighted by Gasteiger charge is 2.57. The number of rotatable bonds is 6. The molecule has 2 aromatic heterocycles. The van der Waals surface area contributed by atoms with Gasteiger partial charge in [-0.05, 0) is 62.7 Å². The molecule has 0 unspecified atom stereocenters. The van der Waals surface area contributed by atoms with Gasteiger partial charge in [-0.25, -0.2) is 4.68 Å². The molecule has 3 aromatic rings. The zero-order valence-corrected chi connectivity index (χ0v) is 24.2. The lowest BCUT2D eigenvalue weighted by Gasteiger charge is -2.49. The van der Waals surface area contributed by atoms with E-state index in [1.54, 1.807) is 24.2 Å². The summed E-state index contributed by atoms with van der Waals surface area (Å²) in [5.74, 6) is -0.00345. The molecule has 1 spiro atoms. The fraction of sp³-hybridized carbons (Fsp3) is 0.593. The van der Waals surface area contributed by atoms with Crippen molar-refractivity contribution in [3.63, 3.8) is 0 Å². The number of ether oxygens (including phenoxy) is 4. The molecular weight excluding hydrogens is 541 g/mol. The van der Waals surface area contributed by atoms with Crippen LogP contribution in [0.25, 0.3) is 11.0 Å². The van der Waals surface area contributed by atoms with Crippen molar-refractivity contribution in [2.75, 3.05) is 44.3 Å². The SMILES string of the molecule is CC1(C)O[C@@H]2[C@H](O1)[C@@H](COCP(C)(C)=O)O[C@H]2n1ncc2c(N3CC4(CCc5ccccc54)C3)nc(Cl)nc21.